The van der Waals surface area contributed by atoms with Crippen LogP contribution in [0, 0.1) is 0 Å². The molecule has 0 bridgehead atoms. The number of nitrogens with one attached hydrogen (secondary N) is 1. The molecule has 2 aromatic heterocycles. The van der Waals surface area contributed by atoms with Crippen LogP contribution in [-0.4, -0.2) is 50.3 Å². The molecule has 0 saturated carbocycles. The lowest BCUT2D eigenvalue weighted by Gasteiger charge is -2.23. The van der Waals surface area contributed by atoms with Gasteiger partial charge in [-0.1, -0.05) is 11.8 Å². The van der Waals surface area contributed by atoms with Gasteiger partial charge in [0.1, 0.15) is 5.82 Å². The minimum atomic E-state index is 0.299. The van der Waals surface area contributed by atoms with Crippen molar-refractivity contribution >= 4 is 11.8 Å². The van der Waals surface area contributed by atoms with Gasteiger partial charge in [0, 0.05) is 37.2 Å². The molecule has 0 aliphatic carbocycles. The quantitative estimate of drug-likeness (QED) is 0.792. The number of aromatic nitrogens is 5. The van der Waals surface area contributed by atoms with Gasteiger partial charge in [-0.2, -0.15) is 5.10 Å². The fourth-order valence-corrected chi connectivity index (χ4v) is 4.62. The normalized spacial score (nSPS) is 21.9. The van der Waals surface area contributed by atoms with E-state index < -0.39 is 0 Å². The Kier molecular flexibility index (Phi) is 5.38. The highest BCUT2D eigenvalue weighted by atomic mass is 32.2. The second kappa shape index (κ2) is 7.88. The lowest BCUT2D eigenvalue weighted by molar-refractivity contribution is 0.0936. The van der Waals surface area contributed by atoms with Gasteiger partial charge in [0.05, 0.1) is 12.6 Å². The molecule has 2 fully saturated rings. The van der Waals surface area contributed by atoms with Crippen LogP contribution in [0.4, 0.5) is 0 Å². The van der Waals surface area contributed by atoms with Crippen LogP contribution in [0.5, 0.6) is 0 Å². The van der Waals surface area contributed by atoms with Crippen molar-refractivity contribution in [2.24, 2.45) is 7.05 Å². The van der Waals surface area contributed by atoms with Crippen molar-refractivity contribution < 1.29 is 4.74 Å². The first-order valence-electron chi connectivity index (χ1n) is 9.16. The van der Waals surface area contributed by atoms with E-state index in [1.54, 1.807) is 11.8 Å². The Morgan fingerprint density at radius 1 is 1.28 bits per heavy atom. The topological polar surface area (TPSA) is 69.8 Å². The second-order valence-corrected chi connectivity index (χ2v) is 7.79. The number of hydrogen-bond donors (Lipinski definition) is 1. The molecule has 2 aliphatic rings. The van der Waals surface area contributed by atoms with Gasteiger partial charge in [-0.05, 0) is 44.8 Å². The lowest BCUT2D eigenvalue weighted by Crippen LogP contribution is -2.29. The number of hydrogen-bond acceptors (Lipinski definition) is 6. The third-order valence-corrected chi connectivity index (χ3v) is 6.13. The first kappa shape index (κ1) is 17.1. The predicted octanol–water partition coefficient (Wildman–Crippen LogP) is 1.95. The van der Waals surface area contributed by atoms with Crippen LogP contribution in [0.3, 0.4) is 0 Å². The second-order valence-electron chi connectivity index (χ2n) is 6.85. The number of piperidine rings is 1. The van der Waals surface area contributed by atoms with Crippen LogP contribution >= 0.6 is 11.8 Å². The summed E-state index contributed by atoms with van der Waals surface area (Å²) in [6.45, 7) is 3.89. The van der Waals surface area contributed by atoms with Crippen LogP contribution in [-0.2, 0) is 24.1 Å². The number of thioether (sulfide) groups is 1. The van der Waals surface area contributed by atoms with E-state index in [9.17, 15) is 0 Å². The molecule has 0 unspecified atom stereocenters. The van der Waals surface area contributed by atoms with Crippen molar-refractivity contribution in [1.82, 2.24) is 29.9 Å². The van der Waals surface area contributed by atoms with Gasteiger partial charge in [-0.15, -0.1) is 10.2 Å². The van der Waals surface area contributed by atoms with Gasteiger partial charge in [-0.25, -0.2) is 0 Å². The maximum absolute atomic E-state index is 5.88. The van der Waals surface area contributed by atoms with E-state index in [2.05, 4.69) is 31.2 Å². The third-order valence-electron chi connectivity index (χ3n) is 5.13. The molecule has 1 N–H and O–H groups in total. The van der Waals surface area contributed by atoms with E-state index in [1.807, 2.05) is 17.9 Å². The third kappa shape index (κ3) is 3.91. The zero-order chi connectivity index (χ0) is 17.1. The first-order chi connectivity index (χ1) is 12.3. The largest absolute Gasteiger partial charge is 0.376 e. The van der Waals surface area contributed by atoms with Crippen LogP contribution in [0.15, 0.2) is 17.4 Å². The molecule has 0 radical (unpaired) electrons. The molecule has 4 heterocycles. The molecular formula is C17H26N6OS. The molecule has 136 valence electrons. The molecule has 2 saturated heterocycles. The Hall–Kier alpha value is -1.38. The summed E-state index contributed by atoms with van der Waals surface area (Å²) in [7, 11) is 1.98. The molecular weight excluding hydrogens is 336 g/mol. The molecule has 8 heteroatoms. The molecule has 7 nitrogen and oxygen atoms in total. The van der Waals surface area contributed by atoms with Gasteiger partial charge in [0.2, 0.25) is 0 Å². The summed E-state index contributed by atoms with van der Waals surface area (Å²) in [5.41, 5.74) is 1.19. The molecule has 25 heavy (non-hydrogen) atoms. The number of ether oxygens (including phenoxy) is 1. The summed E-state index contributed by atoms with van der Waals surface area (Å²) in [5.74, 6) is 2.50. The van der Waals surface area contributed by atoms with E-state index in [0.717, 1.165) is 68.7 Å². The average molecular weight is 363 g/mol. The molecule has 2 aromatic rings. The van der Waals surface area contributed by atoms with Crippen molar-refractivity contribution in [3.05, 3.63) is 23.8 Å². The predicted molar refractivity (Wildman–Crippen MR) is 96.6 cm³/mol. The van der Waals surface area contributed by atoms with Crippen molar-refractivity contribution in [1.29, 1.82) is 0 Å². The lowest BCUT2D eigenvalue weighted by atomic mass is 9.97. The maximum atomic E-state index is 5.88. The van der Waals surface area contributed by atoms with Crippen molar-refractivity contribution in [2.75, 3.05) is 19.7 Å². The summed E-state index contributed by atoms with van der Waals surface area (Å²) in [6.07, 6.45) is 6.70. The summed E-state index contributed by atoms with van der Waals surface area (Å²) in [4.78, 5) is 0. The van der Waals surface area contributed by atoms with Gasteiger partial charge < -0.3 is 14.6 Å². The van der Waals surface area contributed by atoms with Crippen LogP contribution in [0.2, 0.25) is 0 Å². The Bertz CT molecular complexity index is 687. The molecule has 2 aliphatic heterocycles. The Balaban J connectivity index is 1.53. The summed E-state index contributed by atoms with van der Waals surface area (Å²) < 4.78 is 10.1. The highest BCUT2D eigenvalue weighted by Crippen LogP contribution is 2.30. The van der Waals surface area contributed by atoms with Crippen molar-refractivity contribution in [2.45, 2.75) is 55.2 Å². The van der Waals surface area contributed by atoms with E-state index in [4.69, 9.17) is 4.74 Å². The van der Waals surface area contributed by atoms with Crippen molar-refractivity contribution in [3.63, 3.8) is 0 Å². The Morgan fingerprint density at radius 3 is 2.88 bits per heavy atom. The highest BCUT2D eigenvalue weighted by molar-refractivity contribution is 7.98. The first-order valence-corrected chi connectivity index (χ1v) is 10.1. The SMILES string of the molecule is Cn1nccc1CSc1nnc(C2CCNCC2)n1C[C@@H]1CCCO1. The monoisotopic (exact) mass is 362 g/mol. The van der Waals surface area contributed by atoms with Gasteiger partial charge in [0.15, 0.2) is 5.16 Å². The molecule has 0 spiro atoms. The smallest absolute Gasteiger partial charge is 0.191 e. The number of rotatable bonds is 6. The summed E-state index contributed by atoms with van der Waals surface area (Å²) in [6, 6.07) is 2.06. The zero-order valence-electron chi connectivity index (χ0n) is 14.7. The molecule has 0 amide bonds. The van der Waals surface area contributed by atoms with Crippen LogP contribution in [0.1, 0.15) is 43.1 Å². The minimum absolute atomic E-state index is 0.299. The maximum Gasteiger partial charge on any atom is 0.191 e. The van der Waals surface area contributed by atoms with E-state index >= 15 is 0 Å². The average Bonchev–Trinajstić information content (AvgIpc) is 3.37. The molecule has 0 aromatic carbocycles. The molecule has 4 rings (SSSR count). The van der Waals surface area contributed by atoms with Crippen molar-refractivity contribution in [3.8, 4) is 0 Å². The number of nitrogens with zero attached hydrogens (tertiary/aromatic N) is 5. The minimum Gasteiger partial charge on any atom is -0.376 e. The fourth-order valence-electron chi connectivity index (χ4n) is 3.63. The van der Waals surface area contributed by atoms with Gasteiger partial charge in [0.25, 0.3) is 0 Å². The van der Waals surface area contributed by atoms with Crippen LogP contribution < -0.4 is 5.32 Å². The Morgan fingerprint density at radius 2 is 2.16 bits per heavy atom. The molecule has 1 atom stereocenters. The van der Waals surface area contributed by atoms with Crippen LogP contribution in [0.25, 0.3) is 0 Å². The highest BCUT2D eigenvalue weighted by Gasteiger charge is 2.26. The standard InChI is InChI=1S/C17H26N6OS/c1-22-14(6-9-19-22)12-25-17-21-20-16(13-4-7-18-8-5-13)23(17)11-15-3-2-10-24-15/h6,9,13,15,18H,2-5,7-8,10-12H2,1H3/t15-/m0/s1. The zero-order valence-corrected chi connectivity index (χ0v) is 15.5. The van der Waals surface area contributed by atoms with Gasteiger partial charge in [-0.3, -0.25) is 4.68 Å². The van der Waals surface area contributed by atoms with E-state index in [1.165, 1.54) is 5.69 Å². The Labute approximate surface area is 152 Å². The van der Waals surface area contributed by atoms with Gasteiger partial charge >= 0.3 is 0 Å². The summed E-state index contributed by atoms with van der Waals surface area (Å²) in [5, 5.41) is 17.8. The fraction of sp³-hybridized carbons (Fsp3) is 0.706. The van der Waals surface area contributed by atoms with E-state index in [-0.39, 0.29) is 0 Å². The van der Waals surface area contributed by atoms with E-state index in [0.29, 0.717) is 12.0 Å². The summed E-state index contributed by atoms with van der Waals surface area (Å²) >= 11 is 1.74. The number of aryl methyl sites for hydroxylation is 1.